The number of para-hydroxylation sites is 1. The van der Waals surface area contributed by atoms with Gasteiger partial charge in [0.25, 0.3) is 0 Å². The molecule has 0 spiro atoms. The fraction of sp³-hybridized carbons (Fsp3) is 0.154. The van der Waals surface area contributed by atoms with Crippen LogP contribution in [0.25, 0.3) is 0 Å². The van der Waals surface area contributed by atoms with E-state index in [9.17, 15) is 0 Å². The van der Waals surface area contributed by atoms with Crippen LogP contribution in [0.1, 0.15) is 5.56 Å². The van der Waals surface area contributed by atoms with Crippen molar-refractivity contribution in [1.82, 2.24) is 4.98 Å². The number of aromatic nitrogens is 1. The summed E-state index contributed by atoms with van der Waals surface area (Å²) >= 11 is 6.06. The van der Waals surface area contributed by atoms with E-state index in [0.29, 0.717) is 10.7 Å². The second-order valence-electron chi connectivity index (χ2n) is 3.74. The van der Waals surface area contributed by atoms with Crippen molar-refractivity contribution in [2.24, 2.45) is 0 Å². The highest BCUT2D eigenvalue weighted by Crippen LogP contribution is 2.27. The average molecular weight is 248 g/mol. The van der Waals surface area contributed by atoms with Gasteiger partial charge in [0.15, 0.2) is 0 Å². The first-order valence-electron chi connectivity index (χ1n) is 5.44. The quantitative estimate of drug-likeness (QED) is 0.817. The van der Waals surface area contributed by atoms with Gasteiger partial charge in [0.2, 0.25) is 0 Å². The summed E-state index contributed by atoms with van der Waals surface area (Å²) in [4.78, 5) is 4.07. The topological polar surface area (TPSA) is 50.9 Å². The van der Waals surface area contributed by atoms with Gasteiger partial charge >= 0.3 is 0 Å². The predicted octanol–water partition coefficient (Wildman–Crippen LogP) is 2.97. The van der Waals surface area contributed by atoms with Gasteiger partial charge in [-0.15, -0.1) is 0 Å². The Kier molecular flexibility index (Phi) is 3.83. The second kappa shape index (κ2) is 5.55. The van der Waals surface area contributed by atoms with E-state index in [1.165, 1.54) is 5.56 Å². The molecule has 17 heavy (non-hydrogen) atoms. The Morgan fingerprint density at radius 1 is 1.24 bits per heavy atom. The summed E-state index contributed by atoms with van der Waals surface area (Å²) in [5, 5.41) is 3.89. The molecule has 0 radical (unpaired) electrons. The van der Waals surface area contributed by atoms with Crippen LogP contribution < -0.4 is 11.1 Å². The molecule has 0 unspecified atom stereocenters. The molecule has 3 nitrogen and oxygen atoms in total. The number of hydrogen-bond donors (Lipinski definition) is 2. The molecular weight excluding hydrogens is 234 g/mol. The maximum atomic E-state index is 6.06. The van der Waals surface area contributed by atoms with Crippen LogP contribution in [-0.2, 0) is 6.42 Å². The van der Waals surface area contributed by atoms with Gasteiger partial charge < -0.3 is 11.1 Å². The van der Waals surface area contributed by atoms with Crippen molar-refractivity contribution in [3.8, 4) is 0 Å². The molecule has 1 heterocycles. The number of anilines is 2. The first-order chi connectivity index (χ1) is 8.27. The lowest BCUT2D eigenvalue weighted by molar-refractivity contribution is 1.01. The molecule has 1 aromatic heterocycles. The summed E-state index contributed by atoms with van der Waals surface area (Å²) in [5.74, 6) is 0. The zero-order chi connectivity index (χ0) is 12.1. The number of halogens is 1. The van der Waals surface area contributed by atoms with Crippen molar-refractivity contribution in [2.75, 3.05) is 17.6 Å². The van der Waals surface area contributed by atoms with Gasteiger partial charge in [0, 0.05) is 18.9 Å². The lowest BCUT2D eigenvalue weighted by Gasteiger charge is -2.10. The molecule has 2 rings (SSSR count). The minimum absolute atomic E-state index is 0.649. The first kappa shape index (κ1) is 11.7. The summed E-state index contributed by atoms with van der Waals surface area (Å²) in [6.45, 7) is 0.777. The second-order valence-corrected chi connectivity index (χ2v) is 4.15. The minimum Gasteiger partial charge on any atom is -0.397 e. The molecule has 0 bridgehead atoms. The van der Waals surface area contributed by atoms with Crippen LogP contribution in [0, 0.1) is 0 Å². The third kappa shape index (κ3) is 3.11. The Morgan fingerprint density at radius 2 is 2.12 bits per heavy atom. The van der Waals surface area contributed by atoms with Crippen LogP contribution in [0.3, 0.4) is 0 Å². The van der Waals surface area contributed by atoms with Crippen molar-refractivity contribution in [3.63, 3.8) is 0 Å². The Hall–Kier alpha value is -1.74. The number of benzene rings is 1. The standard InChI is InChI=1S/C13H14ClN3/c14-11-4-1-5-12(15)13(11)17-8-6-10-3-2-7-16-9-10/h1-5,7,9,17H,6,8,15H2. The minimum atomic E-state index is 0.649. The molecule has 0 atom stereocenters. The van der Waals surface area contributed by atoms with Gasteiger partial charge in [-0.2, -0.15) is 0 Å². The smallest absolute Gasteiger partial charge is 0.0763 e. The summed E-state index contributed by atoms with van der Waals surface area (Å²) in [7, 11) is 0. The van der Waals surface area contributed by atoms with Gasteiger partial charge in [-0.3, -0.25) is 4.98 Å². The van der Waals surface area contributed by atoms with Gasteiger partial charge in [0.1, 0.15) is 0 Å². The van der Waals surface area contributed by atoms with E-state index in [4.69, 9.17) is 17.3 Å². The number of nitrogen functional groups attached to an aromatic ring is 1. The Balaban J connectivity index is 1.95. The van der Waals surface area contributed by atoms with Gasteiger partial charge in [-0.05, 0) is 30.2 Å². The molecular formula is C13H14ClN3. The summed E-state index contributed by atoms with van der Waals surface area (Å²) in [5.41, 5.74) is 8.50. The monoisotopic (exact) mass is 247 g/mol. The summed E-state index contributed by atoms with van der Waals surface area (Å²) in [6.07, 6.45) is 4.51. The van der Waals surface area contributed by atoms with Crippen molar-refractivity contribution in [2.45, 2.75) is 6.42 Å². The lowest BCUT2D eigenvalue weighted by Crippen LogP contribution is -2.07. The van der Waals surface area contributed by atoms with E-state index in [-0.39, 0.29) is 0 Å². The van der Waals surface area contributed by atoms with Crippen LogP contribution >= 0.6 is 11.6 Å². The summed E-state index contributed by atoms with van der Waals surface area (Å²) < 4.78 is 0. The van der Waals surface area contributed by atoms with Crippen molar-refractivity contribution >= 4 is 23.0 Å². The van der Waals surface area contributed by atoms with Gasteiger partial charge in [-0.25, -0.2) is 0 Å². The summed E-state index contributed by atoms with van der Waals surface area (Å²) in [6, 6.07) is 9.47. The number of rotatable bonds is 4. The molecule has 0 saturated heterocycles. The molecule has 2 aromatic rings. The van der Waals surface area contributed by atoms with Crippen LogP contribution in [0.15, 0.2) is 42.7 Å². The van der Waals surface area contributed by atoms with Gasteiger partial charge in [-0.1, -0.05) is 23.7 Å². The fourth-order valence-corrected chi connectivity index (χ4v) is 1.85. The molecule has 1 aromatic carbocycles. The largest absolute Gasteiger partial charge is 0.397 e. The van der Waals surface area contributed by atoms with E-state index in [0.717, 1.165) is 18.7 Å². The number of nitrogens with zero attached hydrogens (tertiary/aromatic N) is 1. The number of nitrogens with two attached hydrogens (primary N) is 1. The number of pyridine rings is 1. The first-order valence-corrected chi connectivity index (χ1v) is 5.82. The van der Waals surface area contributed by atoms with Crippen molar-refractivity contribution < 1.29 is 0 Å². The molecule has 0 aliphatic rings. The van der Waals surface area contributed by atoms with E-state index in [1.54, 1.807) is 6.20 Å². The maximum Gasteiger partial charge on any atom is 0.0763 e. The zero-order valence-electron chi connectivity index (χ0n) is 9.36. The Bertz CT molecular complexity index is 465. The van der Waals surface area contributed by atoms with E-state index < -0.39 is 0 Å². The highest BCUT2D eigenvalue weighted by atomic mass is 35.5. The fourth-order valence-electron chi connectivity index (χ4n) is 1.61. The van der Waals surface area contributed by atoms with E-state index in [2.05, 4.69) is 10.3 Å². The molecule has 0 aliphatic heterocycles. The van der Waals surface area contributed by atoms with Crippen LogP contribution in [-0.4, -0.2) is 11.5 Å². The molecule has 4 heteroatoms. The molecule has 0 saturated carbocycles. The molecule has 0 fully saturated rings. The van der Waals surface area contributed by atoms with E-state index >= 15 is 0 Å². The molecule has 0 aliphatic carbocycles. The Labute approximate surface area is 106 Å². The van der Waals surface area contributed by atoms with Crippen LogP contribution in [0.5, 0.6) is 0 Å². The molecule has 3 N–H and O–H groups in total. The third-order valence-electron chi connectivity index (χ3n) is 2.48. The Morgan fingerprint density at radius 3 is 2.82 bits per heavy atom. The van der Waals surface area contributed by atoms with E-state index in [1.807, 2.05) is 36.5 Å². The SMILES string of the molecule is Nc1cccc(Cl)c1NCCc1cccnc1. The zero-order valence-corrected chi connectivity index (χ0v) is 10.1. The number of hydrogen-bond acceptors (Lipinski definition) is 3. The molecule has 88 valence electrons. The molecule has 0 amide bonds. The van der Waals surface area contributed by atoms with Crippen molar-refractivity contribution in [3.05, 3.63) is 53.3 Å². The maximum absolute atomic E-state index is 6.06. The van der Waals surface area contributed by atoms with Gasteiger partial charge in [0.05, 0.1) is 16.4 Å². The van der Waals surface area contributed by atoms with Crippen LogP contribution in [0.4, 0.5) is 11.4 Å². The van der Waals surface area contributed by atoms with Crippen LogP contribution in [0.2, 0.25) is 5.02 Å². The highest BCUT2D eigenvalue weighted by Gasteiger charge is 2.03. The highest BCUT2D eigenvalue weighted by molar-refractivity contribution is 6.33. The lowest BCUT2D eigenvalue weighted by atomic mass is 10.2. The average Bonchev–Trinajstić information content (AvgIpc) is 2.34. The predicted molar refractivity (Wildman–Crippen MR) is 72.3 cm³/mol. The normalized spacial score (nSPS) is 10.2. The van der Waals surface area contributed by atoms with Crippen molar-refractivity contribution in [1.29, 1.82) is 0 Å². The third-order valence-corrected chi connectivity index (χ3v) is 2.80. The number of nitrogens with one attached hydrogen (secondary N) is 1.